The van der Waals surface area contributed by atoms with E-state index >= 15 is 0 Å². The summed E-state index contributed by atoms with van der Waals surface area (Å²) in [4.78, 5) is 0. The fourth-order valence-corrected chi connectivity index (χ4v) is 4.03. The predicted molar refractivity (Wildman–Crippen MR) is 126 cm³/mol. The molecule has 35 heavy (non-hydrogen) atoms. The molecule has 0 atom stereocenters. The third-order valence-corrected chi connectivity index (χ3v) is 5.93. The number of hydrogen-bond donors (Lipinski definition) is 0. The molecule has 0 amide bonds. The summed E-state index contributed by atoms with van der Waals surface area (Å²) in [5.74, 6) is -4.37. The van der Waals surface area contributed by atoms with Crippen LogP contribution in [0.15, 0.2) is 78.9 Å². The summed E-state index contributed by atoms with van der Waals surface area (Å²) >= 11 is 0. The van der Waals surface area contributed by atoms with Crippen LogP contribution in [-0.2, 0) is 12.6 Å². The van der Waals surface area contributed by atoms with E-state index in [1.54, 1.807) is 6.07 Å². The van der Waals surface area contributed by atoms with E-state index in [4.69, 9.17) is 0 Å². The van der Waals surface area contributed by atoms with E-state index in [2.05, 4.69) is 31.2 Å². The van der Waals surface area contributed by atoms with Crippen molar-refractivity contribution in [2.75, 3.05) is 0 Å². The Kier molecular flexibility index (Phi) is 7.01. The van der Waals surface area contributed by atoms with Crippen LogP contribution in [0.5, 0.6) is 0 Å². The highest BCUT2D eigenvalue weighted by Crippen LogP contribution is 2.37. The molecule has 0 aliphatic carbocycles. The van der Waals surface area contributed by atoms with Crippen LogP contribution in [0.2, 0.25) is 0 Å². The molecule has 0 spiro atoms. The highest BCUT2D eigenvalue weighted by atomic mass is 19.4. The van der Waals surface area contributed by atoms with Crippen LogP contribution >= 0.6 is 0 Å². The molecule has 0 aliphatic heterocycles. The minimum Gasteiger partial charge on any atom is -0.206 e. The Morgan fingerprint density at radius 1 is 0.571 bits per heavy atom. The van der Waals surface area contributed by atoms with Gasteiger partial charge in [-0.1, -0.05) is 74.0 Å². The molecular weight excluding hydrogens is 462 g/mol. The lowest BCUT2D eigenvalue weighted by molar-refractivity contribution is -0.142. The van der Waals surface area contributed by atoms with Gasteiger partial charge >= 0.3 is 6.18 Å². The summed E-state index contributed by atoms with van der Waals surface area (Å²) in [7, 11) is 0. The zero-order chi connectivity index (χ0) is 25.2. The first-order valence-electron chi connectivity index (χ1n) is 11.2. The number of halogens is 6. The van der Waals surface area contributed by atoms with Crippen molar-refractivity contribution in [1.82, 2.24) is 0 Å². The average Bonchev–Trinajstić information content (AvgIpc) is 2.82. The second-order valence-electron chi connectivity index (χ2n) is 8.39. The van der Waals surface area contributed by atoms with Gasteiger partial charge in [-0.05, 0) is 64.4 Å². The van der Waals surface area contributed by atoms with E-state index in [-0.39, 0.29) is 11.1 Å². The Hall–Kier alpha value is -3.54. The van der Waals surface area contributed by atoms with Gasteiger partial charge in [-0.15, -0.1) is 0 Å². The maximum absolute atomic E-state index is 14.8. The predicted octanol–water partition coefficient (Wildman–Crippen LogP) is 9.47. The smallest absolute Gasteiger partial charge is 0.206 e. The summed E-state index contributed by atoms with van der Waals surface area (Å²) in [6.45, 7) is 2.16. The van der Waals surface area contributed by atoms with Crippen molar-refractivity contribution in [1.29, 1.82) is 0 Å². The molecular formula is C29H22F6. The lowest BCUT2D eigenvalue weighted by atomic mass is 9.96. The van der Waals surface area contributed by atoms with Crippen molar-refractivity contribution in [3.63, 3.8) is 0 Å². The van der Waals surface area contributed by atoms with Crippen molar-refractivity contribution in [3.05, 3.63) is 107 Å². The molecule has 0 saturated heterocycles. The minimum atomic E-state index is -5.18. The third kappa shape index (κ3) is 5.42. The van der Waals surface area contributed by atoms with Gasteiger partial charge in [-0.25, -0.2) is 13.2 Å². The van der Waals surface area contributed by atoms with E-state index in [9.17, 15) is 26.3 Å². The molecule has 0 N–H and O–H groups in total. The first kappa shape index (κ1) is 24.6. The lowest BCUT2D eigenvalue weighted by Crippen LogP contribution is -2.11. The van der Waals surface area contributed by atoms with Gasteiger partial charge in [0, 0.05) is 5.56 Å². The number of unbranched alkanes of at least 4 members (excludes halogenated alkanes) is 1. The van der Waals surface area contributed by atoms with E-state index < -0.39 is 29.2 Å². The van der Waals surface area contributed by atoms with E-state index in [1.807, 2.05) is 24.3 Å². The SMILES string of the molecule is CCCCc1ccc(-c2ccc(-c3ccc(-c4cc(F)c(C(F)(F)F)c(F)c4)c(F)c3)cc2)cc1. The average molecular weight is 484 g/mol. The highest BCUT2D eigenvalue weighted by Gasteiger charge is 2.38. The van der Waals surface area contributed by atoms with Gasteiger partial charge in [0.05, 0.1) is 0 Å². The molecule has 4 rings (SSSR count). The molecule has 180 valence electrons. The molecule has 4 aromatic carbocycles. The van der Waals surface area contributed by atoms with Crippen molar-refractivity contribution in [2.24, 2.45) is 0 Å². The van der Waals surface area contributed by atoms with Crippen molar-refractivity contribution in [3.8, 4) is 33.4 Å². The first-order valence-corrected chi connectivity index (χ1v) is 11.2. The standard InChI is InChI=1S/C29H22F6/c1-2-3-4-18-5-7-19(8-6-18)20-9-11-21(12-10-20)22-13-14-24(25(30)15-22)23-16-26(31)28(27(32)17-23)29(33,34)35/h5-17H,2-4H2,1H3. The first-order chi connectivity index (χ1) is 16.7. The van der Waals surface area contributed by atoms with E-state index in [0.29, 0.717) is 17.7 Å². The summed E-state index contributed by atoms with van der Waals surface area (Å²) in [5.41, 5.74) is 2.11. The van der Waals surface area contributed by atoms with Gasteiger partial charge in [-0.3, -0.25) is 0 Å². The van der Waals surface area contributed by atoms with Crippen LogP contribution < -0.4 is 0 Å². The van der Waals surface area contributed by atoms with Gasteiger partial charge in [-0.2, -0.15) is 13.2 Å². The van der Waals surface area contributed by atoms with Gasteiger partial charge in [0.1, 0.15) is 23.0 Å². The van der Waals surface area contributed by atoms with Crippen LogP contribution in [-0.4, -0.2) is 0 Å². The van der Waals surface area contributed by atoms with Crippen LogP contribution in [0.1, 0.15) is 30.9 Å². The Balaban J connectivity index is 1.57. The second-order valence-corrected chi connectivity index (χ2v) is 8.39. The Morgan fingerprint density at radius 3 is 1.51 bits per heavy atom. The van der Waals surface area contributed by atoms with Crippen molar-refractivity contribution >= 4 is 0 Å². The van der Waals surface area contributed by atoms with E-state index in [0.717, 1.165) is 36.0 Å². The quantitative estimate of drug-likeness (QED) is 0.239. The van der Waals surface area contributed by atoms with Crippen molar-refractivity contribution < 1.29 is 26.3 Å². The van der Waals surface area contributed by atoms with Crippen LogP contribution in [0.3, 0.4) is 0 Å². The Bertz CT molecular complexity index is 1300. The maximum Gasteiger partial charge on any atom is 0.422 e. The summed E-state index contributed by atoms with van der Waals surface area (Å²) < 4.78 is 81.1. The fraction of sp³-hybridized carbons (Fsp3) is 0.172. The number of aryl methyl sites for hydroxylation is 1. The molecule has 0 saturated carbocycles. The second kappa shape index (κ2) is 9.98. The Labute approximate surface area is 199 Å². The van der Waals surface area contributed by atoms with Crippen molar-refractivity contribution in [2.45, 2.75) is 32.4 Å². The molecule has 0 unspecified atom stereocenters. The molecule has 0 nitrogen and oxygen atoms in total. The van der Waals surface area contributed by atoms with Gasteiger partial charge in [0.15, 0.2) is 0 Å². The number of benzene rings is 4. The largest absolute Gasteiger partial charge is 0.422 e. The zero-order valence-electron chi connectivity index (χ0n) is 18.9. The maximum atomic E-state index is 14.8. The molecule has 0 aliphatic rings. The molecule has 0 radical (unpaired) electrons. The molecule has 0 aromatic heterocycles. The molecule has 0 heterocycles. The van der Waals surface area contributed by atoms with Gasteiger partial charge < -0.3 is 0 Å². The van der Waals surface area contributed by atoms with E-state index in [1.165, 1.54) is 17.7 Å². The summed E-state index contributed by atoms with van der Waals surface area (Å²) in [5, 5.41) is 0. The molecule has 6 heteroatoms. The highest BCUT2D eigenvalue weighted by molar-refractivity contribution is 5.74. The summed E-state index contributed by atoms with van der Waals surface area (Å²) in [6.07, 6.45) is -1.85. The fourth-order valence-electron chi connectivity index (χ4n) is 4.03. The normalized spacial score (nSPS) is 11.6. The lowest BCUT2D eigenvalue weighted by Gasteiger charge is -2.12. The number of rotatable bonds is 6. The molecule has 4 aromatic rings. The minimum absolute atomic E-state index is 0.194. The molecule has 0 bridgehead atoms. The van der Waals surface area contributed by atoms with Gasteiger partial charge in [0.25, 0.3) is 0 Å². The third-order valence-electron chi connectivity index (χ3n) is 5.93. The topological polar surface area (TPSA) is 0 Å². The van der Waals surface area contributed by atoms with Crippen LogP contribution in [0, 0.1) is 17.5 Å². The zero-order valence-corrected chi connectivity index (χ0v) is 18.9. The summed E-state index contributed by atoms with van der Waals surface area (Å²) in [6, 6.07) is 20.9. The van der Waals surface area contributed by atoms with Crippen LogP contribution in [0.4, 0.5) is 26.3 Å². The number of alkyl halides is 3. The van der Waals surface area contributed by atoms with Gasteiger partial charge in [0.2, 0.25) is 0 Å². The monoisotopic (exact) mass is 484 g/mol. The van der Waals surface area contributed by atoms with Crippen LogP contribution in [0.25, 0.3) is 33.4 Å². The number of hydrogen-bond acceptors (Lipinski definition) is 0. The molecule has 0 fully saturated rings. The Morgan fingerprint density at radius 2 is 1.03 bits per heavy atom.